The van der Waals surface area contributed by atoms with Gasteiger partial charge >= 0.3 is 0 Å². The third kappa shape index (κ3) is 4.08. The van der Waals surface area contributed by atoms with Gasteiger partial charge in [0, 0.05) is 42.6 Å². The Bertz CT molecular complexity index is 1470. The second kappa shape index (κ2) is 9.63. The predicted octanol–water partition coefficient (Wildman–Crippen LogP) is 7.95. The third-order valence-corrected chi connectivity index (χ3v) is 8.17. The van der Waals surface area contributed by atoms with Gasteiger partial charge in [0.15, 0.2) is 0 Å². The van der Waals surface area contributed by atoms with E-state index in [0.717, 1.165) is 17.1 Å². The average Bonchev–Trinajstić information content (AvgIpc) is 3.51. The molecule has 1 aromatic heterocycles. The summed E-state index contributed by atoms with van der Waals surface area (Å²) in [5.41, 5.74) is 7.47. The minimum absolute atomic E-state index is 0.226. The largest absolute Gasteiger partial charge is 0.364 e. The minimum atomic E-state index is 0.226. The topological polar surface area (TPSA) is 19.4 Å². The first-order valence-corrected chi connectivity index (χ1v) is 13.3. The van der Waals surface area contributed by atoms with Gasteiger partial charge in [-0.2, -0.15) is 0 Å². The molecule has 2 heterocycles. The molecule has 2 atom stereocenters. The summed E-state index contributed by atoms with van der Waals surface area (Å²) in [5.74, 6) is 0.269. The summed E-state index contributed by atoms with van der Waals surface area (Å²) in [5, 5.41) is 1.08. The Kier molecular flexibility index (Phi) is 6.04. The number of anilines is 2. The maximum absolute atomic E-state index is 4.93. The van der Waals surface area contributed by atoms with Crippen LogP contribution in [0.5, 0.6) is 0 Å². The maximum Gasteiger partial charge on any atom is 0.124 e. The molecule has 0 saturated heterocycles. The summed E-state index contributed by atoms with van der Waals surface area (Å²) in [6, 6.07) is 37.0. The minimum Gasteiger partial charge on any atom is -0.364 e. The van der Waals surface area contributed by atoms with Crippen LogP contribution < -0.4 is 9.80 Å². The predicted molar refractivity (Wildman–Crippen MR) is 154 cm³/mol. The van der Waals surface area contributed by atoms with E-state index < -0.39 is 0 Å². The van der Waals surface area contributed by atoms with Gasteiger partial charge in [0.2, 0.25) is 0 Å². The van der Waals surface area contributed by atoms with Crippen molar-refractivity contribution < 1.29 is 0 Å². The molecule has 0 saturated carbocycles. The number of aromatic nitrogens is 1. The maximum atomic E-state index is 4.93. The lowest BCUT2D eigenvalue weighted by Gasteiger charge is -2.28. The van der Waals surface area contributed by atoms with Crippen LogP contribution in [0.3, 0.4) is 0 Å². The molecular weight excluding hydrogens is 458 g/mol. The van der Waals surface area contributed by atoms with E-state index in [1.54, 1.807) is 11.3 Å². The number of fused-ring (bicyclic) bond motifs is 2. The second-order valence-electron chi connectivity index (χ2n) is 9.21. The Morgan fingerprint density at radius 3 is 2.36 bits per heavy atom. The Hall–Kier alpha value is -3.89. The highest BCUT2D eigenvalue weighted by atomic mass is 32.1. The summed E-state index contributed by atoms with van der Waals surface area (Å²) in [6.45, 7) is 3.19. The molecule has 1 aliphatic rings. The number of hydrogen-bond acceptors (Lipinski definition) is 4. The van der Waals surface area contributed by atoms with E-state index in [9.17, 15) is 0 Å². The lowest BCUT2D eigenvalue weighted by Crippen LogP contribution is -2.33. The van der Waals surface area contributed by atoms with Gasteiger partial charge in [-0.15, -0.1) is 11.3 Å². The second-order valence-corrected chi connectivity index (χ2v) is 10.2. The average molecular weight is 488 g/mol. The van der Waals surface area contributed by atoms with E-state index in [4.69, 9.17) is 4.98 Å². The molecule has 2 unspecified atom stereocenters. The molecule has 5 aromatic rings. The molecule has 6 rings (SSSR count). The van der Waals surface area contributed by atoms with Crippen LogP contribution in [0, 0.1) is 0 Å². The van der Waals surface area contributed by atoms with Crippen LogP contribution in [0.25, 0.3) is 20.8 Å². The van der Waals surface area contributed by atoms with Gasteiger partial charge in [0.1, 0.15) is 5.01 Å². The Morgan fingerprint density at radius 1 is 0.889 bits per heavy atom. The molecule has 1 aliphatic heterocycles. The van der Waals surface area contributed by atoms with E-state index >= 15 is 0 Å². The standard InChI is InChI=1S/C32H29N3S/c1-3-35-28(20-21-34(2)25-14-8-5-9-15-25)31(23-12-6-4-7-13-23)26-19-18-24(22-29(26)35)32-33-27-16-10-11-17-30(27)36-32/h4-22,28,31H,3H2,1-2H3/b21-20+. The van der Waals surface area contributed by atoms with E-state index in [-0.39, 0.29) is 12.0 Å². The van der Waals surface area contributed by atoms with Crippen LogP contribution in [0.1, 0.15) is 24.0 Å². The zero-order valence-electron chi connectivity index (χ0n) is 20.6. The first-order chi connectivity index (χ1) is 17.7. The van der Waals surface area contributed by atoms with Crippen molar-refractivity contribution in [2.45, 2.75) is 18.9 Å². The molecule has 0 radical (unpaired) electrons. The van der Waals surface area contributed by atoms with Crippen LogP contribution in [-0.4, -0.2) is 24.6 Å². The fourth-order valence-corrected chi connectivity index (χ4v) is 6.27. The van der Waals surface area contributed by atoms with E-state index in [0.29, 0.717) is 0 Å². The summed E-state index contributed by atoms with van der Waals surface area (Å²) in [4.78, 5) is 9.67. The SMILES string of the molecule is CCN1c2cc(-c3nc4ccccc4s3)ccc2C(c2ccccc2)C1/C=C/N(C)c1ccccc1. The first kappa shape index (κ1) is 22.6. The van der Waals surface area contributed by atoms with Crippen LogP contribution in [0.4, 0.5) is 11.4 Å². The Balaban J connectivity index is 1.42. The molecule has 4 heteroatoms. The van der Waals surface area contributed by atoms with E-state index in [1.807, 2.05) is 0 Å². The van der Waals surface area contributed by atoms with E-state index in [2.05, 4.69) is 139 Å². The molecular formula is C32H29N3S. The van der Waals surface area contributed by atoms with Gasteiger partial charge in [-0.25, -0.2) is 4.98 Å². The number of likely N-dealkylation sites (N-methyl/N-ethyl adjacent to an activating group) is 1. The zero-order valence-corrected chi connectivity index (χ0v) is 21.4. The highest BCUT2D eigenvalue weighted by molar-refractivity contribution is 7.21. The lowest BCUT2D eigenvalue weighted by molar-refractivity contribution is 0.678. The van der Waals surface area contributed by atoms with Crippen molar-refractivity contribution in [3.05, 3.63) is 127 Å². The van der Waals surface area contributed by atoms with Crippen molar-refractivity contribution in [2.75, 3.05) is 23.4 Å². The molecule has 3 nitrogen and oxygen atoms in total. The molecule has 178 valence electrons. The number of benzene rings is 4. The summed E-state index contributed by atoms with van der Waals surface area (Å²) in [7, 11) is 2.12. The van der Waals surface area contributed by atoms with Gasteiger partial charge < -0.3 is 9.80 Å². The molecule has 0 fully saturated rings. The summed E-state index contributed by atoms with van der Waals surface area (Å²) >= 11 is 1.76. The summed E-state index contributed by atoms with van der Waals surface area (Å²) in [6.07, 6.45) is 4.59. The van der Waals surface area contributed by atoms with Gasteiger partial charge in [0.25, 0.3) is 0 Å². The highest BCUT2D eigenvalue weighted by Crippen LogP contribution is 2.47. The monoisotopic (exact) mass is 487 g/mol. The molecule has 0 bridgehead atoms. The molecule has 0 spiro atoms. The number of thiazole rings is 1. The fraction of sp³-hybridized carbons (Fsp3) is 0.156. The zero-order chi connectivity index (χ0) is 24.5. The van der Waals surface area contributed by atoms with Crippen molar-refractivity contribution in [1.29, 1.82) is 0 Å². The van der Waals surface area contributed by atoms with Crippen molar-refractivity contribution in [2.24, 2.45) is 0 Å². The molecule has 36 heavy (non-hydrogen) atoms. The molecule has 0 N–H and O–H groups in total. The lowest BCUT2D eigenvalue weighted by atomic mass is 9.87. The first-order valence-electron chi connectivity index (χ1n) is 12.5. The van der Waals surface area contributed by atoms with Crippen molar-refractivity contribution in [3.8, 4) is 10.6 Å². The van der Waals surface area contributed by atoms with Crippen LogP contribution in [0.2, 0.25) is 0 Å². The normalized spacial score (nSPS) is 17.1. The Labute approximate surface area is 217 Å². The van der Waals surface area contributed by atoms with Crippen molar-refractivity contribution in [1.82, 2.24) is 4.98 Å². The number of para-hydroxylation sites is 2. The van der Waals surface area contributed by atoms with Gasteiger partial charge in [-0.1, -0.05) is 72.8 Å². The van der Waals surface area contributed by atoms with Gasteiger partial charge in [0.05, 0.1) is 16.3 Å². The van der Waals surface area contributed by atoms with Crippen LogP contribution in [-0.2, 0) is 0 Å². The highest BCUT2D eigenvalue weighted by Gasteiger charge is 2.37. The van der Waals surface area contributed by atoms with Crippen molar-refractivity contribution in [3.63, 3.8) is 0 Å². The number of rotatable bonds is 6. The van der Waals surface area contributed by atoms with Gasteiger partial charge in [-0.05, 0) is 54.5 Å². The molecule has 0 aliphatic carbocycles. The fourth-order valence-electron chi connectivity index (χ4n) is 5.31. The quantitative estimate of drug-likeness (QED) is 0.242. The van der Waals surface area contributed by atoms with Crippen LogP contribution >= 0.6 is 11.3 Å². The van der Waals surface area contributed by atoms with Gasteiger partial charge in [-0.3, -0.25) is 0 Å². The summed E-state index contributed by atoms with van der Waals surface area (Å²) < 4.78 is 1.23. The number of hydrogen-bond donors (Lipinski definition) is 0. The third-order valence-electron chi connectivity index (χ3n) is 7.09. The van der Waals surface area contributed by atoms with Crippen LogP contribution in [0.15, 0.2) is 115 Å². The Morgan fingerprint density at radius 2 is 1.61 bits per heavy atom. The smallest absolute Gasteiger partial charge is 0.124 e. The van der Waals surface area contributed by atoms with E-state index in [1.165, 1.54) is 32.8 Å². The molecule has 0 amide bonds. The van der Waals surface area contributed by atoms with Crippen molar-refractivity contribution >= 4 is 32.9 Å². The molecule has 4 aromatic carbocycles. The number of nitrogens with zero attached hydrogens (tertiary/aromatic N) is 3.